The SMILES string of the molecule is C[C@@H](N)c1ccccc1C(=O)c1ccc(Br)cc1. The molecule has 0 heterocycles. The molecule has 0 aliphatic heterocycles. The standard InChI is InChI=1S/C15H14BrNO/c1-10(17)13-4-2-3-5-14(13)15(18)11-6-8-12(16)9-7-11/h2-10H,17H2,1H3/t10-/m1/s1. The van der Waals surface area contributed by atoms with Gasteiger partial charge in [0.2, 0.25) is 0 Å². The molecule has 0 fully saturated rings. The number of halogens is 1. The topological polar surface area (TPSA) is 43.1 Å². The summed E-state index contributed by atoms with van der Waals surface area (Å²) in [5.74, 6) is 0.00963. The first-order chi connectivity index (χ1) is 8.59. The fraction of sp³-hybridized carbons (Fsp3) is 0.133. The van der Waals surface area contributed by atoms with Crippen LogP contribution < -0.4 is 5.73 Å². The lowest BCUT2D eigenvalue weighted by Gasteiger charge is -2.11. The first-order valence-corrected chi connectivity index (χ1v) is 6.53. The van der Waals surface area contributed by atoms with Crippen LogP contribution in [-0.4, -0.2) is 5.78 Å². The first-order valence-electron chi connectivity index (χ1n) is 5.74. The molecule has 2 rings (SSSR count). The maximum atomic E-state index is 12.4. The predicted molar refractivity (Wildman–Crippen MR) is 76.6 cm³/mol. The number of ketones is 1. The monoisotopic (exact) mass is 303 g/mol. The van der Waals surface area contributed by atoms with E-state index in [0.717, 1.165) is 10.0 Å². The second-order valence-corrected chi connectivity index (χ2v) is 5.13. The molecule has 0 unspecified atom stereocenters. The molecule has 18 heavy (non-hydrogen) atoms. The van der Waals surface area contributed by atoms with Crippen LogP contribution in [0.5, 0.6) is 0 Å². The Morgan fingerprint density at radius 3 is 2.33 bits per heavy atom. The average Bonchev–Trinajstić information content (AvgIpc) is 2.39. The summed E-state index contributed by atoms with van der Waals surface area (Å²) in [5.41, 5.74) is 8.12. The number of carbonyl (C=O) groups is 1. The molecule has 92 valence electrons. The van der Waals surface area contributed by atoms with Gasteiger partial charge in [0.15, 0.2) is 5.78 Å². The zero-order valence-electron chi connectivity index (χ0n) is 10.1. The Balaban J connectivity index is 2.43. The number of benzene rings is 2. The molecule has 0 radical (unpaired) electrons. The number of hydrogen-bond acceptors (Lipinski definition) is 2. The Hall–Kier alpha value is -1.45. The van der Waals surface area contributed by atoms with Gasteiger partial charge in [-0.1, -0.05) is 40.2 Å². The maximum absolute atomic E-state index is 12.4. The van der Waals surface area contributed by atoms with Crippen LogP contribution in [0.15, 0.2) is 53.0 Å². The van der Waals surface area contributed by atoms with E-state index in [1.165, 1.54) is 0 Å². The Bertz CT molecular complexity index is 561. The van der Waals surface area contributed by atoms with E-state index in [9.17, 15) is 4.79 Å². The second kappa shape index (κ2) is 5.46. The minimum absolute atomic E-state index is 0.00963. The number of nitrogens with two attached hydrogens (primary N) is 1. The predicted octanol–water partition coefficient (Wildman–Crippen LogP) is 3.70. The van der Waals surface area contributed by atoms with Crippen molar-refractivity contribution in [1.82, 2.24) is 0 Å². The first kappa shape index (κ1) is 13.0. The summed E-state index contributed by atoms with van der Waals surface area (Å²) in [4.78, 5) is 12.4. The molecule has 2 N–H and O–H groups in total. The highest BCUT2D eigenvalue weighted by Gasteiger charge is 2.14. The van der Waals surface area contributed by atoms with Crippen LogP contribution in [0.1, 0.15) is 34.5 Å². The van der Waals surface area contributed by atoms with Crippen molar-refractivity contribution < 1.29 is 4.79 Å². The van der Waals surface area contributed by atoms with Gasteiger partial charge in [0.25, 0.3) is 0 Å². The van der Waals surface area contributed by atoms with Crippen LogP contribution in [0.4, 0.5) is 0 Å². The molecule has 0 bridgehead atoms. The third-order valence-electron chi connectivity index (χ3n) is 2.80. The summed E-state index contributed by atoms with van der Waals surface area (Å²) >= 11 is 3.36. The Labute approximate surface area is 115 Å². The highest BCUT2D eigenvalue weighted by atomic mass is 79.9. The Morgan fingerprint density at radius 1 is 1.11 bits per heavy atom. The number of carbonyl (C=O) groups excluding carboxylic acids is 1. The van der Waals surface area contributed by atoms with E-state index in [-0.39, 0.29) is 11.8 Å². The maximum Gasteiger partial charge on any atom is 0.193 e. The van der Waals surface area contributed by atoms with Crippen molar-refractivity contribution in [2.45, 2.75) is 13.0 Å². The molecule has 0 aliphatic carbocycles. The molecule has 2 nitrogen and oxygen atoms in total. The van der Waals surface area contributed by atoms with E-state index < -0.39 is 0 Å². The van der Waals surface area contributed by atoms with Gasteiger partial charge in [-0.25, -0.2) is 0 Å². The van der Waals surface area contributed by atoms with Crippen molar-refractivity contribution in [3.8, 4) is 0 Å². The largest absolute Gasteiger partial charge is 0.324 e. The Kier molecular flexibility index (Phi) is 3.94. The van der Waals surface area contributed by atoms with Gasteiger partial charge in [-0.3, -0.25) is 4.79 Å². The summed E-state index contributed by atoms with van der Waals surface area (Å²) < 4.78 is 0.958. The van der Waals surface area contributed by atoms with E-state index in [0.29, 0.717) is 11.1 Å². The molecular weight excluding hydrogens is 290 g/mol. The lowest BCUT2D eigenvalue weighted by atomic mass is 9.95. The summed E-state index contributed by atoms with van der Waals surface area (Å²) in [6.45, 7) is 1.88. The van der Waals surface area contributed by atoms with Crippen LogP contribution in [0.2, 0.25) is 0 Å². The van der Waals surface area contributed by atoms with Crippen molar-refractivity contribution in [2.24, 2.45) is 5.73 Å². The van der Waals surface area contributed by atoms with Crippen molar-refractivity contribution >= 4 is 21.7 Å². The fourth-order valence-corrected chi connectivity index (χ4v) is 2.12. The van der Waals surface area contributed by atoms with E-state index in [2.05, 4.69) is 15.9 Å². The van der Waals surface area contributed by atoms with Crippen LogP contribution >= 0.6 is 15.9 Å². The average molecular weight is 304 g/mol. The van der Waals surface area contributed by atoms with Gasteiger partial charge in [-0.2, -0.15) is 0 Å². The molecule has 0 amide bonds. The fourth-order valence-electron chi connectivity index (χ4n) is 1.86. The third-order valence-corrected chi connectivity index (χ3v) is 3.33. The van der Waals surface area contributed by atoms with Gasteiger partial charge in [-0.15, -0.1) is 0 Å². The smallest absolute Gasteiger partial charge is 0.193 e. The lowest BCUT2D eigenvalue weighted by Crippen LogP contribution is -2.12. The molecule has 0 saturated heterocycles. The van der Waals surface area contributed by atoms with Gasteiger partial charge in [0.1, 0.15) is 0 Å². The molecule has 0 spiro atoms. The number of hydrogen-bond donors (Lipinski definition) is 1. The van der Waals surface area contributed by atoms with Gasteiger partial charge in [0, 0.05) is 21.6 Å². The quantitative estimate of drug-likeness (QED) is 0.879. The van der Waals surface area contributed by atoms with Crippen molar-refractivity contribution in [3.63, 3.8) is 0 Å². The van der Waals surface area contributed by atoms with E-state index in [4.69, 9.17) is 5.73 Å². The second-order valence-electron chi connectivity index (χ2n) is 4.21. The molecule has 0 aliphatic rings. The third kappa shape index (κ3) is 2.68. The molecule has 3 heteroatoms. The normalized spacial score (nSPS) is 12.2. The molecular formula is C15H14BrNO. The van der Waals surface area contributed by atoms with E-state index >= 15 is 0 Å². The van der Waals surface area contributed by atoms with Crippen LogP contribution in [0.25, 0.3) is 0 Å². The van der Waals surface area contributed by atoms with Gasteiger partial charge in [-0.05, 0) is 36.8 Å². The summed E-state index contributed by atoms with van der Waals surface area (Å²) in [7, 11) is 0. The molecule has 0 saturated carbocycles. The minimum Gasteiger partial charge on any atom is -0.324 e. The highest BCUT2D eigenvalue weighted by molar-refractivity contribution is 9.10. The molecule has 1 atom stereocenters. The van der Waals surface area contributed by atoms with Gasteiger partial charge < -0.3 is 5.73 Å². The molecule has 0 aromatic heterocycles. The van der Waals surface area contributed by atoms with Crippen molar-refractivity contribution in [1.29, 1.82) is 0 Å². The Morgan fingerprint density at radius 2 is 1.72 bits per heavy atom. The summed E-state index contributed by atoms with van der Waals surface area (Å²) in [6, 6.07) is 14.7. The van der Waals surface area contributed by atoms with Crippen LogP contribution in [0.3, 0.4) is 0 Å². The van der Waals surface area contributed by atoms with Crippen LogP contribution in [0, 0.1) is 0 Å². The molecule has 2 aromatic rings. The highest BCUT2D eigenvalue weighted by Crippen LogP contribution is 2.20. The van der Waals surface area contributed by atoms with E-state index in [1.807, 2.05) is 55.5 Å². The summed E-state index contributed by atoms with van der Waals surface area (Å²) in [6.07, 6.45) is 0. The molecule has 2 aromatic carbocycles. The van der Waals surface area contributed by atoms with Crippen molar-refractivity contribution in [2.75, 3.05) is 0 Å². The van der Waals surface area contributed by atoms with Crippen molar-refractivity contribution in [3.05, 3.63) is 69.7 Å². The summed E-state index contributed by atoms with van der Waals surface area (Å²) in [5, 5.41) is 0. The minimum atomic E-state index is -0.152. The van der Waals surface area contributed by atoms with Gasteiger partial charge in [0.05, 0.1) is 0 Å². The number of rotatable bonds is 3. The zero-order chi connectivity index (χ0) is 13.1. The zero-order valence-corrected chi connectivity index (χ0v) is 11.6. The van der Waals surface area contributed by atoms with Crippen LogP contribution in [-0.2, 0) is 0 Å². The van der Waals surface area contributed by atoms with Gasteiger partial charge >= 0.3 is 0 Å². The lowest BCUT2D eigenvalue weighted by molar-refractivity contribution is 0.103. The van der Waals surface area contributed by atoms with E-state index in [1.54, 1.807) is 0 Å².